The van der Waals surface area contributed by atoms with E-state index in [-0.39, 0.29) is 35.4 Å². The number of piperidine rings is 1. The number of hydroxylamine groups is 1. The van der Waals surface area contributed by atoms with Crippen LogP contribution in [0.4, 0.5) is 13.2 Å². The predicted molar refractivity (Wildman–Crippen MR) is 118 cm³/mol. The summed E-state index contributed by atoms with van der Waals surface area (Å²) in [5, 5.41) is 9.12. The molecule has 1 aliphatic rings. The molecule has 1 fully saturated rings. The standard InChI is InChI=1S/C22H26F3N3O6S/c1-27(2)20(21(29)26-30)18-5-3-4-6-19(18)35(31,32)28-13-11-16(12-14-28)33-15-7-9-17(10-8-15)34-22(23,24)25/h3-10,16,20,30H,11-14H2,1-2H3,(H,26,29). The van der Waals surface area contributed by atoms with E-state index in [2.05, 4.69) is 4.74 Å². The minimum Gasteiger partial charge on any atom is -0.490 e. The molecule has 2 aromatic rings. The molecule has 9 nitrogen and oxygen atoms in total. The van der Waals surface area contributed by atoms with Crippen molar-refractivity contribution in [2.75, 3.05) is 27.2 Å². The number of likely N-dealkylation sites (N-methyl/N-ethyl adjacent to an activating group) is 1. The molecule has 1 atom stereocenters. The highest BCUT2D eigenvalue weighted by molar-refractivity contribution is 7.89. The molecule has 13 heteroatoms. The molecule has 0 aliphatic carbocycles. The minimum atomic E-state index is -4.78. The molecular weight excluding hydrogens is 491 g/mol. The molecule has 0 radical (unpaired) electrons. The number of rotatable bonds is 8. The highest BCUT2D eigenvalue weighted by atomic mass is 32.2. The van der Waals surface area contributed by atoms with Crippen molar-refractivity contribution < 1.29 is 41.1 Å². The Labute approximate surface area is 201 Å². The van der Waals surface area contributed by atoms with Crippen LogP contribution < -0.4 is 15.0 Å². The number of nitrogens with one attached hydrogen (secondary N) is 1. The monoisotopic (exact) mass is 517 g/mol. The fourth-order valence-corrected chi connectivity index (χ4v) is 5.60. The Bertz CT molecular complexity index is 1120. The number of hydrogen-bond donors (Lipinski definition) is 2. The van der Waals surface area contributed by atoms with E-state index in [1.807, 2.05) is 0 Å². The van der Waals surface area contributed by atoms with Gasteiger partial charge in [-0.2, -0.15) is 4.31 Å². The predicted octanol–water partition coefficient (Wildman–Crippen LogP) is 2.93. The lowest BCUT2D eigenvalue weighted by atomic mass is 10.1. The quantitative estimate of drug-likeness (QED) is 0.410. The third-order valence-electron chi connectivity index (χ3n) is 5.47. The van der Waals surface area contributed by atoms with Crippen molar-refractivity contribution in [2.24, 2.45) is 0 Å². The lowest BCUT2D eigenvalue weighted by Gasteiger charge is -2.32. The number of ether oxygens (including phenoxy) is 2. The molecule has 1 heterocycles. The summed E-state index contributed by atoms with van der Waals surface area (Å²) < 4.78 is 74.7. The maximum absolute atomic E-state index is 13.4. The average Bonchev–Trinajstić information content (AvgIpc) is 2.80. The molecular formula is C22H26F3N3O6S. The van der Waals surface area contributed by atoms with Crippen LogP contribution >= 0.6 is 0 Å². The first-order valence-electron chi connectivity index (χ1n) is 10.6. The molecule has 2 N–H and O–H groups in total. The number of sulfonamides is 1. The Morgan fingerprint density at radius 3 is 2.20 bits per heavy atom. The largest absolute Gasteiger partial charge is 0.573 e. The summed E-state index contributed by atoms with van der Waals surface area (Å²) in [6.45, 7) is 0.296. The van der Waals surface area contributed by atoms with Gasteiger partial charge in [0.2, 0.25) is 10.0 Å². The van der Waals surface area contributed by atoms with Crippen molar-refractivity contribution in [3.63, 3.8) is 0 Å². The van der Waals surface area contributed by atoms with Gasteiger partial charge in [0.05, 0.1) is 4.90 Å². The Morgan fingerprint density at radius 2 is 1.66 bits per heavy atom. The van der Waals surface area contributed by atoms with E-state index in [0.717, 1.165) is 12.1 Å². The Kier molecular flexibility index (Phi) is 8.26. The molecule has 0 spiro atoms. The van der Waals surface area contributed by atoms with Crippen LogP contribution in [0.5, 0.6) is 11.5 Å². The van der Waals surface area contributed by atoms with Gasteiger partial charge in [0.1, 0.15) is 23.6 Å². The zero-order valence-electron chi connectivity index (χ0n) is 19.0. The molecule has 3 rings (SSSR count). The van der Waals surface area contributed by atoms with Gasteiger partial charge in [-0.3, -0.25) is 14.9 Å². The SMILES string of the molecule is CN(C)C(C(=O)NO)c1ccccc1S(=O)(=O)N1CCC(Oc2ccc(OC(F)(F)F)cc2)CC1. The van der Waals surface area contributed by atoms with Crippen molar-refractivity contribution in [1.29, 1.82) is 0 Å². The number of halogens is 3. The topological polar surface area (TPSA) is 108 Å². The van der Waals surface area contributed by atoms with Gasteiger partial charge in [0.25, 0.3) is 5.91 Å². The minimum absolute atomic E-state index is 0.0399. The number of carbonyl (C=O) groups excluding carboxylic acids is 1. The van der Waals surface area contributed by atoms with Gasteiger partial charge < -0.3 is 9.47 Å². The first kappa shape index (κ1) is 26.7. The lowest BCUT2D eigenvalue weighted by molar-refractivity contribution is -0.274. The first-order valence-corrected chi connectivity index (χ1v) is 12.1. The number of benzene rings is 2. The van der Waals surface area contributed by atoms with Gasteiger partial charge in [-0.15, -0.1) is 13.2 Å². The van der Waals surface area contributed by atoms with E-state index in [1.165, 1.54) is 33.5 Å². The molecule has 1 saturated heterocycles. The molecule has 0 bridgehead atoms. The van der Waals surface area contributed by atoms with Crippen molar-refractivity contribution in [1.82, 2.24) is 14.7 Å². The summed E-state index contributed by atoms with van der Waals surface area (Å²) >= 11 is 0. The third-order valence-corrected chi connectivity index (χ3v) is 7.44. The maximum atomic E-state index is 13.4. The molecule has 192 valence electrons. The number of nitrogens with zero attached hydrogens (tertiary/aromatic N) is 2. The van der Waals surface area contributed by atoms with Crippen LogP contribution in [0.1, 0.15) is 24.4 Å². The summed E-state index contributed by atoms with van der Waals surface area (Å²) in [6, 6.07) is 10.1. The van der Waals surface area contributed by atoms with Gasteiger partial charge in [0.15, 0.2) is 0 Å². The first-order chi connectivity index (χ1) is 16.4. The number of amides is 1. The zero-order chi connectivity index (χ0) is 25.8. The van der Waals surface area contributed by atoms with Crippen LogP contribution in [0.3, 0.4) is 0 Å². The van der Waals surface area contributed by atoms with Crippen molar-refractivity contribution in [3.05, 3.63) is 54.1 Å². The van der Waals surface area contributed by atoms with Crippen LogP contribution in [0.15, 0.2) is 53.4 Å². The van der Waals surface area contributed by atoms with Gasteiger partial charge in [-0.1, -0.05) is 18.2 Å². The van der Waals surface area contributed by atoms with Crippen molar-refractivity contribution in [2.45, 2.75) is 36.2 Å². The zero-order valence-corrected chi connectivity index (χ0v) is 19.8. The summed E-state index contributed by atoms with van der Waals surface area (Å²) in [4.78, 5) is 13.7. The molecule has 1 amide bonds. The van der Waals surface area contributed by atoms with Crippen LogP contribution in [0, 0.1) is 0 Å². The highest BCUT2D eigenvalue weighted by Gasteiger charge is 2.35. The molecule has 2 aromatic carbocycles. The second kappa shape index (κ2) is 10.8. The van der Waals surface area contributed by atoms with E-state index in [9.17, 15) is 26.4 Å². The van der Waals surface area contributed by atoms with Gasteiger partial charge in [-0.25, -0.2) is 13.9 Å². The van der Waals surface area contributed by atoms with Gasteiger partial charge in [-0.05, 0) is 62.8 Å². The second-order valence-electron chi connectivity index (χ2n) is 8.12. The summed E-state index contributed by atoms with van der Waals surface area (Å²) in [6.07, 6.45) is -4.40. The maximum Gasteiger partial charge on any atom is 0.573 e. The van der Waals surface area contributed by atoms with E-state index >= 15 is 0 Å². The molecule has 0 saturated carbocycles. The van der Waals surface area contributed by atoms with Crippen LogP contribution in [0.2, 0.25) is 0 Å². The van der Waals surface area contributed by atoms with Gasteiger partial charge in [0, 0.05) is 13.1 Å². The van der Waals surface area contributed by atoms with Crippen molar-refractivity contribution >= 4 is 15.9 Å². The fourth-order valence-electron chi connectivity index (χ4n) is 3.90. The Balaban J connectivity index is 1.69. The lowest BCUT2D eigenvalue weighted by Crippen LogP contribution is -2.43. The summed E-state index contributed by atoms with van der Waals surface area (Å²) in [5.74, 6) is -0.790. The van der Waals surface area contributed by atoms with Crippen molar-refractivity contribution in [3.8, 4) is 11.5 Å². The molecule has 35 heavy (non-hydrogen) atoms. The molecule has 1 unspecified atom stereocenters. The third kappa shape index (κ3) is 6.63. The summed E-state index contributed by atoms with van der Waals surface area (Å²) in [5.41, 5.74) is 1.80. The van der Waals surface area contributed by atoms with Gasteiger partial charge >= 0.3 is 6.36 Å². The second-order valence-corrected chi connectivity index (χ2v) is 10.0. The number of alkyl halides is 3. The molecule has 1 aliphatic heterocycles. The van der Waals surface area contributed by atoms with E-state index in [0.29, 0.717) is 18.6 Å². The average molecular weight is 518 g/mol. The van der Waals surface area contributed by atoms with E-state index in [1.54, 1.807) is 31.7 Å². The Hall–Kier alpha value is -2.87. The smallest absolute Gasteiger partial charge is 0.490 e. The molecule has 0 aromatic heterocycles. The van der Waals surface area contributed by atoms with Crippen LogP contribution in [0.25, 0.3) is 0 Å². The highest BCUT2D eigenvalue weighted by Crippen LogP contribution is 2.31. The van der Waals surface area contributed by atoms with Crippen LogP contribution in [-0.2, 0) is 14.8 Å². The normalized spacial score (nSPS) is 16.7. The number of hydrogen-bond acceptors (Lipinski definition) is 7. The summed E-state index contributed by atoms with van der Waals surface area (Å²) in [7, 11) is -0.783. The van der Waals surface area contributed by atoms with E-state index < -0.39 is 28.3 Å². The van der Waals surface area contributed by atoms with Crippen LogP contribution in [-0.4, -0.2) is 68.4 Å². The fraction of sp³-hybridized carbons (Fsp3) is 0.409. The van der Waals surface area contributed by atoms with E-state index in [4.69, 9.17) is 9.94 Å². The Morgan fingerprint density at radius 1 is 1.09 bits per heavy atom. The number of carbonyl (C=O) groups is 1.